The van der Waals surface area contributed by atoms with E-state index in [1.165, 1.54) is 0 Å². The fraction of sp³-hybridized carbons (Fsp3) is 0.379. The molecule has 5 heteroatoms. The summed E-state index contributed by atoms with van der Waals surface area (Å²) in [4.78, 5) is 2.27. The van der Waals surface area contributed by atoms with Crippen LogP contribution in [0, 0.1) is 5.92 Å². The number of rotatable bonds is 9. The van der Waals surface area contributed by atoms with Crippen molar-refractivity contribution in [3.05, 3.63) is 107 Å². The van der Waals surface area contributed by atoms with E-state index in [9.17, 15) is 10.2 Å². The molecule has 0 spiro atoms. The fourth-order valence-electron chi connectivity index (χ4n) is 4.99. The highest BCUT2D eigenvalue weighted by molar-refractivity contribution is 6.30. The van der Waals surface area contributed by atoms with E-state index in [0.717, 1.165) is 42.6 Å². The molecule has 0 saturated carbocycles. The maximum absolute atomic E-state index is 12.0. The SMILES string of the molecule is C[C@@H](OC[C@@H](O)CN1CCC(C(O)(c2ccccc2)c2ccccc2)CC1)c1ccc(Cl)cc1. The zero-order valence-corrected chi connectivity index (χ0v) is 20.4. The summed E-state index contributed by atoms with van der Waals surface area (Å²) in [6.45, 7) is 4.49. The summed E-state index contributed by atoms with van der Waals surface area (Å²) >= 11 is 5.96. The molecule has 2 atom stereocenters. The van der Waals surface area contributed by atoms with Crippen LogP contribution < -0.4 is 0 Å². The molecule has 180 valence electrons. The van der Waals surface area contributed by atoms with Gasteiger partial charge in [0.05, 0.1) is 18.8 Å². The van der Waals surface area contributed by atoms with E-state index in [1.54, 1.807) is 0 Å². The number of aliphatic hydroxyl groups excluding tert-OH is 1. The third-order valence-corrected chi connectivity index (χ3v) is 7.21. The number of aliphatic hydroxyl groups is 2. The van der Waals surface area contributed by atoms with E-state index in [4.69, 9.17) is 16.3 Å². The summed E-state index contributed by atoms with van der Waals surface area (Å²) in [7, 11) is 0. The molecule has 0 aliphatic carbocycles. The number of nitrogens with zero attached hydrogens (tertiary/aromatic N) is 1. The number of ether oxygens (including phenoxy) is 1. The maximum Gasteiger partial charge on any atom is 0.117 e. The Bertz CT molecular complexity index is 965. The highest BCUT2D eigenvalue weighted by atomic mass is 35.5. The minimum Gasteiger partial charge on any atom is -0.389 e. The van der Waals surface area contributed by atoms with Crippen molar-refractivity contribution in [2.45, 2.75) is 37.6 Å². The van der Waals surface area contributed by atoms with Crippen LogP contribution in [0.5, 0.6) is 0 Å². The zero-order valence-electron chi connectivity index (χ0n) is 19.7. The Hall–Kier alpha value is -2.21. The van der Waals surface area contributed by atoms with Crippen LogP contribution in [0.4, 0.5) is 0 Å². The quantitative estimate of drug-likeness (QED) is 0.430. The first-order chi connectivity index (χ1) is 16.5. The van der Waals surface area contributed by atoms with Crippen LogP contribution in [0.3, 0.4) is 0 Å². The van der Waals surface area contributed by atoms with Gasteiger partial charge in [-0.15, -0.1) is 0 Å². The second-order valence-corrected chi connectivity index (χ2v) is 9.69. The topological polar surface area (TPSA) is 52.9 Å². The molecule has 3 aromatic rings. The Kier molecular flexibility index (Phi) is 8.41. The van der Waals surface area contributed by atoms with Crippen molar-refractivity contribution in [3.63, 3.8) is 0 Å². The summed E-state index contributed by atoms with van der Waals surface area (Å²) in [5, 5.41) is 23.3. The van der Waals surface area contributed by atoms with Gasteiger partial charge in [0, 0.05) is 11.6 Å². The van der Waals surface area contributed by atoms with Crippen molar-refractivity contribution in [2.75, 3.05) is 26.2 Å². The predicted octanol–water partition coefficient (Wildman–Crippen LogP) is 5.43. The molecule has 0 radical (unpaired) electrons. The number of hydrogen-bond acceptors (Lipinski definition) is 4. The average molecular weight is 480 g/mol. The normalized spacial score (nSPS) is 17.4. The Labute approximate surface area is 207 Å². The van der Waals surface area contributed by atoms with Crippen LogP contribution in [-0.2, 0) is 10.3 Å². The van der Waals surface area contributed by atoms with Gasteiger partial charge in [-0.25, -0.2) is 0 Å². The Morgan fingerprint density at radius 2 is 1.44 bits per heavy atom. The number of halogens is 1. The molecule has 1 aliphatic heterocycles. The Morgan fingerprint density at radius 1 is 0.912 bits per heavy atom. The molecule has 1 aliphatic rings. The first-order valence-corrected chi connectivity index (χ1v) is 12.5. The molecule has 0 bridgehead atoms. The highest BCUT2D eigenvalue weighted by Crippen LogP contribution is 2.41. The third-order valence-electron chi connectivity index (χ3n) is 6.95. The molecule has 0 amide bonds. The van der Waals surface area contributed by atoms with Gasteiger partial charge in [-0.3, -0.25) is 0 Å². The van der Waals surface area contributed by atoms with Gasteiger partial charge in [-0.2, -0.15) is 0 Å². The van der Waals surface area contributed by atoms with Gasteiger partial charge < -0.3 is 19.8 Å². The summed E-state index contributed by atoms with van der Waals surface area (Å²) in [6, 6.07) is 27.6. The van der Waals surface area contributed by atoms with Gasteiger partial charge in [0.2, 0.25) is 0 Å². The number of β-amino-alcohol motifs (C(OH)–C–C–N with tert-alkyl or cyclic N) is 1. The number of likely N-dealkylation sites (tertiary alicyclic amines) is 1. The van der Waals surface area contributed by atoms with Gasteiger partial charge in [0.15, 0.2) is 0 Å². The van der Waals surface area contributed by atoms with Crippen LogP contribution in [0.25, 0.3) is 0 Å². The van der Waals surface area contributed by atoms with Gasteiger partial charge in [0.25, 0.3) is 0 Å². The van der Waals surface area contributed by atoms with Crippen molar-refractivity contribution >= 4 is 11.6 Å². The van der Waals surface area contributed by atoms with E-state index in [-0.39, 0.29) is 18.6 Å². The van der Waals surface area contributed by atoms with Crippen LogP contribution in [-0.4, -0.2) is 47.5 Å². The lowest BCUT2D eigenvalue weighted by molar-refractivity contribution is -0.0373. The lowest BCUT2D eigenvalue weighted by Crippen LogP contribution is -2.46. The van der Waals surface area contributed by atoms with E-state index in [1.807, 2.05) is 91.9 Å². The van der Waals surface area contributed by atoms with Gasteiger partial charge >= 0.3 is 0 Å². The molecule has 34 heavy (non-hydrogen) atoms. The fourth-order valence-corrected chi connectivity index (χ4v) is 5.12. The van der Waals surface area contributed by atoms with Gasteiger partial charge in [0.1, 0.15) is 5.60 Å². The first-order valence-electron chi connectivity index (χ1n) is 12.1. The molecule has 4 rings (SSSR count). The second-order valence-electron chi connectivity index (χ2n) is 9.25. The Morgan fingerprint density at radius 3 is 1.97 bits per heavy atom. The molecule has 2 N–H and O–H groups in total. The molecule has 1 fully saturated rings. The molecule has 1 saturated heterocycles. The smallest absolute Gasteiger partial charge is 0.117 e. The van der Waals surface area contributed by atoms with Crippen molar-refractivity contribution in [3.8, 4) is 0 Å². The minimum atomic E-state index is -1.02. The summed E-state index contributed by atoms with van der Waals surface area (Å²) in [5.41, 5.74) is 1.89. The van der Waals surface area contributed by atoms with E-state index in [0.29, 0.717) is 11.6 Å². The lowest BCUT2D eigenvalue weighted by Gasteiger charge is -2.42. The molecule has 0 aromatic heterocycles. The first kappa shape index (κ1) is 24.9. The van der Waals surface area contributed by atoms with Crippen molar-refractivity contribution in [1.82, 2.24) is 4.90 Å². The summed E-state index contributed by atoms with van der Waals surface area (Å²) in [6.07, 6.45) is 1.04. The van der Waals surface area contributed by atoms with E-state index < -0.39 is 11.7 Å². The van der Waals surface area contributed by atoms with E-state index in [2.05, 4.69) is 4.90 Å². The van der Waals surface area contributed by atoms with Crippen LogP contribution >= 0.6 is 11.6 Å². The molecular formula is C29H34ClNO3. The van der Waals surface area contributed by atoms with Crippen LogP contribution in [0.15, 0.2) is 84.9 Å². The Balaban J connectivity index is 1.33. The molecule has 1 heterocycles. The average Bonchev–Trinajstić information content (AvgIpc) is 2.88. The predicted molar refractivity (Wildman–Crippen MR) is 137 cm³/mol. The highest BCUT2D eigenvalue weighted by Gasteiger charge is 2.41. The third kappa shape index (κ3) is 5.88. The molecule has 4 nitrogen and oxygen atoms in total. The standard InChI is InChI=1S/C29H34ClNO3/c1-22(23-12-14-27(30)15-13-23)34-21-28(32)20-31-18-16-26(17-19-31)29(33,24-8-4-2-5-9-24)25-10-6-3-7-11-25/h2-15,22,26,28,32-33H,16-21H2,1H3/t22-,28+/m1/s1. The largest absolute Gasteiger partial charge is 0.389 e. The monoisotopic (exact) mass is 479 g/mol. The van der Waals surface area contributed by atoms with Crippen molar-refractivity contribution in [1.29, 1.82) is 0 Å². The molecule has 0 unspecified atom stereocenters. The second kappa shape index (κ2) is 11.5. The number of benzene rings is 3. The van der Waals surface area contributed by atoms with Crippen molar-refractivity contribution in [2.24, 2.45) is 5.92 Å². The van der Waals surface area contributed by atoms with E-state index >= 15 is 0 Å². The minimum absolute atomic E-state index is 0.104. The molecule has 3 aromatic carbocycles. The number of hydrogen-bond donors (Lipinski definition) is 2. The zero-order chi connectivity index (χ0) is 24.0. The van der Waals surface area contributed by atoms with Crippen molar-refractivity contribution < 1.29 is 14.9 Å². The van der Waals surface area contributed by atoms with Gasteiger partial charge in [-0.1, -0.05) is 84.4 Å². The van der Waals surface area contributed by atoms with Crippen LogP contribution in [0.1, 0.15) is 42.6 Å². The van der Waals surface area contributed by atoms with Crippen LogP contribution in [0.2, 0.25) is 5.02 Å². The maximum atomic E-state index is 12.0. The summed E-state index contributed by atoms with van der Waals surface area (Å²) in [5.74, 6) is 0.104. The number of piperidine rings is 1. The summed E-state index contributed by atoms with van der Waals surface area (Å²) < 4.78 is 5.90. The molecular weight excluding hydrogens is 446 g/mol. The van der Waals surface area contributed by atoms with Gasteiger partial charge in [-0.05, 0) is 67.6 Å². The lowest BCUT2D eigenvalue weighted by atomic mass is 9.72.